The first-order valence-corrected chi connectivity index (χ1v) is 8.17. The Balaban J connectivity index is 1.90. The summed E-state index contributed by atoms with van der Waals surface area (Å²) in [6, 6.07) is 6.63. The van der Waals surface area contributed by atoms with E-state index in [1.807, 2.05) is 18.8 Å². The molecule has 2 aliphatic heterocycles. The number of carbonyl (C=O) groups is 1. The van der Waals surface area contributed by atoms with Crippen LogP contribution in [0.5, 0.6) is 0 Å². The fraction of sp³-hybridized carbons (Fsp3) is 0.533. The van der Waals surface area contributed by atoms with Crippen molar-refractivity contribution in [3.05, 3.63) is 23.8 Å². The molecular weight excluding hydrogens is 270 g/mol. The molecule has 0 aliphatic carbocycles. The van der Waals surface area contributed by atoms with Gasteiger partial charge in [0.05, 0.1) is 0 Å². The number of thioether (sulfide) groups is 1. The number of hydrogen-bond acceptors (Lipinski definition) is 4. The van der Waals surface area contributed by atoms with Gasteiger partial charge in [0, 0.05) is 40.5 Å². The fourth-order valence-electron chi connectivity index (χ4n) is 3.01. The van der Waals surface area contributed by atoms with Crippen LogP contribution in [0, 0.1) is 0 Å². The molecule has 1 aromatic carbocycles. The topological polar surface area (TPSA) is 44.4 Å². The molecule has 108 valence electrons. The number of fused-ring (bicyclic) bond motifs is 1. The Morgan fingerprint density at radius 3 is 2.95 bits per heavy atom. The zero-order chi connectivity index (χ0) is 14.3. The average Bonchev–Trinajstić information content (AvgIpc) is 2.76. The van der Waals surface area contributed by atoms with Crippen molar-refractivity contribution in [3.63, 3.8) is 0 Å². The van der Waals surface area contributed by atoms with E-state index in [-0.39, 0.29) is 11.9 Å². The summed E-state index contributed by atoms with van der Waals surface area (Å²) in [6.45, 7) is 5.63. The second-order valence-electron chi connectivity index (χ2n) is 5.49. The van der Waals surface area contributed by atoms with Gasteiger partial charge in [-0.1, -0.05) is 13.0 Å². The van der Waals surface area contributed by atoms with Gasteiger partial charge in [-0.15, -0.1) is 0 Å². The summed E-state index contributed by atoms with van der Waals surface area (Å²) in [5, 5.41) is 6.66. The molecule has 20 heavy (non-hydrogen) atoms. The van der Waals surface area contributed by atoms with Crippen LogP contribution in [0.2, 0.25) is 0 Å². The van der Waals surface area contributed by atoms with Gasteiger partial charge in [-0.2, -0.15) is 11.8 Å². The van der Waals surface area contributed by atoms with E-state index in [0.29, 0.717) is 11.3 Å². The number of amides is 1. The number of hydrogen-bond donors (Lipinski definition) is 2. The molecule has 5 heteroatoms. The molecule has 3 atom stereocenters. The maximum absolute atomic E-state index is 11.9. The number of rotatable bonds is 2. The maximum atomic E-state index is 11.9. The van der Waals surface area contributed by atoms with Crippen molar-refractivity contribution < 1.29 is 4.79 Å². The van der Waals surface area contributed by atoms with Gasteiger partial charge in [-0.3, -0.25) is 4.79 Å². The van der Waals surface area contributed by atoms with Crippen LogP contribution in [0.4, 0.5) is 11.4 Å². The third-order valence-electron chi connectivity index (χ3n) is 4.37. The van der Waals surface area contributed by atoms with Crippen molar-refractivity contribution in [2.45, 2.75) is 31.2 Å². The Morgan fingerprint density at radius 2 is 2.20 bits per heavy atom. The largest absolute Gasteiger partial charge is 0.367 e. The van der Waals surface area contributed by atoms with Crippen molar-refractivity contribution in [3.8, 4) is 0 Å². The number of carbonyl (C=O) groups excluding carboxylic acids is 1. The Morgan fingerprint density at radius 1 is 1.40 bits per heavy atom. The Kier molecular flexibility index (Phi) is 3.65. The highest BCUT2D eigenvalue weighted by Gasteiger charge is 2.31. The number of anilines is 2. The molecule has 0 saturated carbocycles. The molecule has 1 aromatic rings. The van der Waals surface area contributed by atoms with Gasteiger partial charge in [-0.25, -0.2) is 0 Å². The van der Waals surface area contributed by atoms with Gasteiger partial charge in [0.15, 0.2) is 0 Å². The first-order valence-electron chi connectivity index (χ1n) is 7.12. The summed E-state index contributed by atoms with van der Waals surface area (Å²) in [4.78, 5) is 14.3. The summed E-state index contributed by atoms with van der Waals surface area (Å²) < 4.78 is 0. The van der Waals surface area contributed by atoms with E-state index >= 15 is 0 Å². The molecule has 2 heterocycles. The van der Waals surface area contributed by atoms with Crippen LogP contribution < -0.4 is 15.5 Å². The maximum Gasteiger partial charge on any atom is 0.246 e. The molecular formula is C15H21N3OS. The van der Waals surface area contributed by atoms with Crippen molar-refractivity contribution in [2.75, 3.05) is 29.6 Å². The minimum atomic E-state index is -0.215. The first-order chi connectivity index (χ1) is 9.61. The Hall–Kier alpha value is -1.20. The summed E-state index contributed by atoms with van der Waals surface area (Å²) in [7, 11) is 1.82. The van der Waals surface area contributed by atoms with Gasteiger partial charge >= 0.3 is 0 Å². The van der Waals surface area contributed by atoms with Gasteiger partial charge < -0.3 is 15.5 Å². The number of nitrogens with one attached hydrogen (secondary N) is 2. The quantitative estimate of drug-likeness (QED) is 0.877. The van der Waals surface area contributed by atoms with E-state index in [0.717, 1.165) is 23.5 Å². The lowest BCUT2D eigenvalue weighted by Gasteiger charge is -2.39. The van der Waals surface area contributed by atoms with E-state index in [9.17, 15) is 4.79 Å². The summed E-state index contributed by atoms with van der Waals surface area (Å²) in [5.74, 6) is 1.20. The van der Waals surface area contributed by atoms with E-state index < -0.39 is 0 Å². The Bertz CT molecular complexity index is 534. The number of nitrogens with zero attached hydrogens (tertiary/aromatic N) is 1. The molecule has 3 unspecified atom stereocenters. The van der Waals surface area contributed by atoms with E-state index in [1.165, 1.54) is 5.69 Å². The highest BCUT2D eigenvalue weighted by atomic mass is 32.2. The lowest BCUT2D eigenvalue weighted by atomic mass is 10.1. The molecule has 1 saturated heterocycles. The van der Waals surface area contributed by atoms with Crippen LogP contribution in [0.1, 0.15) is 25.5 Å². The first kappa shape index (κ1) is 13.8. The van der Waals surface area contributed by atoms with Crippen molar-refractivity contribution in [1.29, 1.82) is 0 Å². The summed E-state index contributed by atoms with van der Waals surface area (Å²) in [6.07, 6.45) is 0. The van der Waals surface area contributed by atoms with Crippen LogP contribution in [0.3, 0.4) is 0 Å². The summed E-state index contributed by atoms with van der Waals surface area (Å²) in [5.41, 5.74) is 3.21. The molecule has 0 bridgehead atoms. The van der Waals surface area contributed by atoms with E-state index in [1.54, 1.807) is 0 Å². The highest BCUT2D eigenvalue weighted by Crippen LogP contribution is 2.36. The third kappa shape index (κ3) is 2.19. The van der Waals surface area contributed by atoms with Crippen LogP contribution in [0.15, 0.2) is 18.2 Å². The van der Waals surface area contributed by atoms with Crippen molar-refractivity contribution >= 4 is 29.0 Å². The molecule has 1 amide bonds. The standard InChI is InChI=1S/C15H21N3OS/c1-9-10(2)20-7-6-18(9)11-4-5-12-13(8-11)17-15(19)14(12)16-3/h4-5,8-10,14,16H,6-7H2,1-3H3,(H,17,19). The lowest BCUT2D eigenvalue weighted by molar-refractivity contribution is -0.117. The average molecular weight is 291 g/mol. The van der Waals surface area contributed by atoms with E-state index in [2.05, 4.69) is 47.6 Å². The van der Waals surface area contributed by atoms with Gasteiger partial charge in [0.25, 0.3) is 0 Å². The molecule has 3 rings (SSSR count). The second kappa shape index (κ2) is 5.30. The Labute approximate surface area is 124 Å². The normalized spacial score (nSPS) is 29.2. The number of benzene rings is 1. The molecule has 0 radical (unpaired) electrons. The highest BCUT2D eigenvalue weighted by molar-refractivity contribution is 8.00. The van der Waals surface area contributed by atoms with E-state index in [4.69, 9.17) is 0 Å². The van der Waals surface area contributed by atoms with Crippen LogP contribution in [0.25, 0.3) is 0 Å². The predicted octanol–water partition coefficient (Wildman–Crippen LogP) is 2.23. The zero-order valence-electron chi connectivity index (χ0n) is 12.1. The second-order valence-corrected chi connectivity index (χ2v) is 6.98. The van der Waals surface area contributed by atoms with Crippen LogP contribution in [-0.4, -0.2) is 36.5 Å². The van der Waals surface area contributed by atoms with Crippen molar-refractivity contribution in [1.82, 2.24) is 5.32 Å². The molecule has 1 fully saturated rings. The molecule has 0 aromatic heterocycles. The lowest BCUT2D eigenvalue weighted by Crippen LogP contribution is -2.44. The van der Waals surface area contributed by atoms with Gasteiger partial charge in [0.2, 0.25) is 5.91 Å². The minimum absolute atomic E-state index is 0.0373. The molecule has 0 spiro atoms. The van der Waals surface area contributed by atoms with Gasteiger partial charge in [0.1, 0.15) is 6.04 Å². The van der Waals surface area contributed by atoms with Crippen LogP contribution in [-0.2, 0) is 4.79 Å². The molecule has 4 nitrogen and oxygen atoms in total. The van der Waals surface area contributed by atoms with Gasteiger partial charge in [-0.05, 0) is 26.1 Å². The molecule has 2 aliphatic rings. The van der Waals surface area contributed by atoms with Crippen LogP contribution >= 0.6 is 11.8 Å². The minimum Gasteiger partial charge on any atom is -0.367 e. The SMILES string of the molecule is CNC1C(=O)Nc2cc(N3CCSC(C)C3C)ccc21. The predicted molar refractivity (Wildman–Crippen MR) is 85.6 cm³/mol. The number of likely N-dealkylation sites (N-methyl/N-ethyl adjacent to an activating group) is 1. The third-order valence-corrected chi connectivity index (χ3v) is 5.71. The smallest absolute Gasteiger partial charge is 0.246 e. The zero-order valence-corrected chi connectivity index (χ0v) is 13.0. The monoisotopic (exact) mass is 291 g/mol. The van der Waals surface area contributed by atoms with Crippen molar-refractivity contribution in [2.24, 2.45) is 0 Å². The fourth-order valence-corrected chi connectivity index (χ4v) is 4.11. The molecule has 2 N–H and O–H groups in total. The summed E-state index contributed by atoms with van der Waals surface area (Å²) >= 11 is 2.03.